The topological polar surface area (TPSA) is 61.4 Å². The van der Waals surface area contributed by atoms with Crippen LogP contribution in [0.1, 0.15) is 19.3 Å². The normalized spacial score (nSPS) is 19.3. The molecule has 0 spiro atoms. The summed E-state index contributed by atoms with van der Waals surface area (Å²) in [6.07, 6.45) is 3.54. The first-order valence-electron chi connectivity index (χ1n) is 5.12. The highest BCUT2D eigenvalue weighted by Gasteiger charge is 2.31. The minimum Gasteiger partial charge on any atom is -0.382 e. The van der Waals surface area contributed by atoms with E-state index in [4.69, 9.17) is 11.8 Å². The third kappa shape index (κ3) is 4.20. The van der Waals surface area contributed by atoms with Gasteiger partial charge in [-0.15, -0.1) is 6.58 Å². The summed E-state index contributed by atoms with van der Waals surface area (Å²) in [5, 5.41) is 12.2. The number of carbonyl (C=O) groups is 1. The van der Waals surface area contributed by atoms with E-state index >= 15 is 0 Å². The molecule has 86 valence electrons. The zero-order valence-electron chi connectivity index (χ0n) is 8.58. The van der Waals surface area contributed by atoms with Crippen molar-refractivity contribution in [1.29, 1.82) is 0 Å². The zero-order chi connectivity index (χ0) is 11.3. The molecule has 5 heteroatoms. The Labute approximate surface area is 94.8 Å². The van der Waals surface area contributed by atoms with Gasteiger partial charge in [0, 0.05) is 6.54 Å². The van der Waals surface area contributed by atoms with E-state index in [9.17, 15) is 9.90 Å². The number of hydrogen-bond donors (Lipinski definition) is 3. The van der Waals surface area contributed by atoms with Crippen LogP contribution in [0.5, 0.6) is 0 Å². The maximum atomic E-state index is 11.4. The van der Waals surface area contributed by atoms with E-state index in [2.05, 4.69) is 16.7 Å². The third-order valence-electron chi connectivity index (χ3n) is 2.49. The molecule has 0 aromatic heterocycles. The van der Waals surface area contributed by atoms with Crippen LogP contribution in [0, 0.1) is 5.92 Å². The van der Waals surface area contributed by atoms with Crippen LogP contribution in [0.3, 0.4) is 0 Å². The lowest BCUT2D eigenvalue weighted by molar-refractivity contribution is -0.130. The van der Waals surface area contributed by atoms with Gasteiger partial charge in [0.05, 0.1) is 6.04 Å². The van der Waals surface area contributed by atoms with E-state index in [0.717, 1.165) is 19.3 Å². The Morgan fingerprint density at radius 1 is 1.67 bits per heavy atom. The SMILES string of the molecule is C=CCNC(=O)C(O)C(CC1CC1)NCl. The van der Waals surface area contributed by atoms with Crippen molar-refractivity contribution in [3.8, 4) is 0 Å². The Morgan fingerprint density at radius 2 is 2.33 bits per heavy atom. The van der Waals surface area contributed by atoms with Crippen LogP contribution in [-0.4, -0.2) is 29.7 Å². The molecular weight excluding hydrogens is 216 g/mol. The number of aliphatic hydroxyl groups excluding tert-OH is 1. The quantitative estimate of drug-likeness (QED) is 0.444. The number of aliphatic hydroxyl groups is 1. The maximum absolute atomic E-state index is 11.4. The molecule has 0 bridgehead atoms. The minimum absolute atomic E-state index is 0.355. The third-order valence-corrected chi connectivity index (χ3v) is 2.78. The lowest BCUT2D eigenvalue weighted by Crippen LogP contribution is -2.46. The van der Waals surface area contributed by atoms with Crippen molar-refractivity contribution in [3.05, 3.63) is 12.7 Å². The molecule has 3 N–H and O–H groups in total. The molecule has 15 heavy (non-hydrogen) atoms. The number of halogens is 1. The second-order valence-electron chi connectivity index (χ2n) is 3.87. The smallest absolute Gasteiger partial charge is 0.250 e. The molecule has 2 unspecified atom stereocenters. The number of nitrogens with one attached hydrogen (secondary N) is 2. The van der Waals surface area contributed by atoms with Crippen LogP contribution >= 0.6 is 11.8 Å². The van der Waals surface area contributed by atoms with Crippen LogP contribution in [-0.2, 0) is 4.79 Å². The fourth-order valence-corrected chi connectivity index (χ4v) is 1.61. The highest BCUT2D eigenvalue weighted by molar-refractivity contribution is 6.13. The zero-order valence-corrected chi connectivity index (χ0v) is 9.33. The molecule has 4 nitrogen and oxygen atoms in total. The van der Waals surface area contributed by atoms with Crippen LogP contribution in [0.25, 0.3) is 0 Å². The van der Waals surface area contributed by atoms with Crippen molar-refractivity contribution in [2.75, 3.05) is 6.54 Å². The van der Waals surface area contributed by atoms with Gasteiger partial charge in [0.15, 0.2) is 0 Å². The lowest BCUT2D eigenvalue weighted by atomic mass is 10.0. The second kappa shape index (κ2) is 6.10. The summed E-state index contributed by atoms with van der Waals surface area (Å²) in [5.41, 5.74) is 0. The Kier molecular flexibility index (Phi) is 5.08. The van der Waals surface area contributed by atoms with Crippen LogP contribution in [0.15, 0.2) is 12.7 Å². The van der Waals surface area contributed by atoms with E-state index in [1.807, 2.05) is 0 Å². The predicted octanol–water partition coefficient (Wildman–Crippen LogP) is 0.562. The fourth-order valence-electron chi connectivity index (χ4n) is 1.41. The first-order chi connectivity index (χ1) is 7.19. The lowest BCUT2D eigenvalue weighted by Gasteiger charge is -2.20. The molecule has 0 aromatic rings. The van der Waals surface area contributed by atoms with Crippen molar-refractivity contribution >= 4 is 17.7 Å². The Morgan fingerprint density at radius 3 is 2.80 bits per heavy atom. The summed E-state index contributed by atoms with van der Waals surface area (Å²) in [4.78, 5) is 13.9. The van der Waals surface area contributed by atoms with E-state index < -0.39 is 12.0 Å². The van der Waals surface area contributed by atoms with Gasteiger partial charge in [-0.05, 0) is 24.1 Å². The van der Waals surface area contributed by atoms with Crippen molar-refractivity contribution in [2.24, 2.45) is 5.92 Å². The molecule has 1 amide bonds. The molecule has 0 radical (unpaired) electrons. The molecule has 0 saturated heterocycles. The molecule has 0 heterocycles. The van der Waals surface area contributed by atoms with Gasteiger partial charge in [0.25, 0.3) is 5.91 Å². The van der Waals surface area contributed by atoms with Crippen molar-refractivity contribution in [2.45, 2.75) is 31.4 Å². The van der Waals surface area contributed by atoms with Gasteiger partial charge in [-0.25, -0.2) is 4.84 Å². The average molecular weight is 233 g/mol. The van der Waals surface area contributed by atoms with Gasteiger partial charge in [0.1, 0.15) is 6.10 Å². The molecule has 0 aromatic carbocycles. The van der Waals surface area contributed by atoms with Crippen molar-refractivity contribution in [3.63, 3.8) is 0 Å². The van der Waals surface area contributed by atoms with Gasteiger partial charge >= 0.3 is 0 Å². The maximum Gasteiger partial charge on any atom is 0.250 e. The summed E-state index contributed by atoms with van der Waals surface area (Å²) in [6.45, 7) is 3.83. The highest BCUT2D eigenvalue weighted by Crippen LogP contribution is 2.34. The first kappa shape index (κ1) is 12.5. The summed E-state index contributed by atoms with van der Waals surface area (Å²) in [6, 6.07) is -0.371. The Bertz CT molecular complexity index is 231. The molecule has 1 saturated carbocycles. The Hall–Kier alpha value is -0.580. The average Bonchev–Trinajstić information content (AvgIpc) is 3.05. The van der Waals surface area contributed by atoms with Crippen LogP contribution in [0.4, 0.5) is 0 Å². The van der Waals surface area contributed by atoms with Crippen molar-refractivity contribution < 1.29 is 9.90 Å². The number of rotatable bonds is 7. The summed E-state index contributed by atoms with van der Waals surface area (Å²) < 4.78 is 0. The van der Waals surface area contributed by atoms with Gasteiger partial charge in [-0.1, -0.05) is 18.9 Å². The standard InChI is InChI=1S/C10H17ClN2O2/c1-2-5-12-10(15)9(14)8(13-11)6-7-3-4-7/h2,7-9,13-14H,1,3-6H2,(H,12,15). The van der Waals surface area contributed by atoms with E-state index in [-0.39, 0.29) is 6.04 Å². The summed E-state index contributed by atoms with van der Waals surface area (Å²) in [5.74, 6) is 0.191. The monoisotopic (exact) mass is 232 g/mol. The fraction of sp³-hybridized carbons (Fsp3) is 0.700. The number of amides is 1. The first-order valence-corrected chi connectivity index (χ1v) is 5.49. The largest absolute Gasteiger partial charge is 0.382 e. The molecule has 1 rings (SSSR count). The molecule has 1 aliphatic carbocycles. The van der Waals surface area contributed by atoms with Crippen LogP contribution < -0.4 is 10.2 Å². The predicted molar refractivity (Wildman–Crippen MR) is 59.3 cm³/mol. The minimum atomic E-state index is -1.09. The molecular formula is C10H17ClN2O2. The second-order valence-corrected chi connectivity index (χ2v) is 4.09. The number of carbonyl (C=O) groups excluding carboxylic acids is 1. The molecule has 1 fully saturated rings. The summed E-state index contributed by atoms with van der Waals surface area (Å²) >= 11 is 5.50. The van der Waals surface area contributed by atoms with E-state index in [0.29, 0.717) is 12.5 Å². The van der Waals surface area contributed by atoms with E-state index in [1.165, 1.54) is 0 Å². The molecule has 1 aliphatic rings. The van der Waals surface area contributed by atoms with E-state index in [1.54, 1.807) is 6.08 Å². The van der Waals surface area contributed by atoms with Gasteiger partial charge in [-0.2, -0.15) is 0 Å². The molecule has 0 aliphatic heterocycles. The highest BCUT2D eigenvalue weighted by atomic mass is 35.5. The van der Waals surface area contributed by atoms with Gasteiger partial charge in [0.2, 0.25) is 0 Å². The summed E-state index contributed by atoms with van der Waals surface area (Å²) in [7, 11) is 0. The number of hydrogen-bond acceptors (Lipinski definition) is 3. The molecule has 2 atom stereocenters. The van der Waals surface area contributed by atoms with Gasteiger partial charge in [-0.3, -0.25) is 4.79 Å². The van der Waals surface area contributed by atoms with Crippen molar-refractivity contribution in [1.82, 2.24) is 10.2 Å². The van der Waals surface area contributed by atoms with Gasteiger partial charge < -0.3 is 10.4 Å². The Balaban J connectivity index is 2.35. The van der Waals surface area contributed by atoms with Crippen LogP contribution in [0.2, 0.25) is 0 Å².